The minimum Gasteiger partial charge on any atom is -0.497 e. The minimum absolute atomic E-state index is 0. The molecule has 1 aliphatic heterocycles. The van der Waals surface area contributed by atoms with Crippen LogP contribution in [-0.4, -0.2) is 66.9 Å². The summed E-state index contributed by atoms with van der Waals surface area (Å²) in [4.78, 5) is 58.3. The number of cyclic esters (lactones) is 2. The third-order valence-corrected chi connectivity index (χ3v) is 6.17. The number of imidazole rings is 1. The fourth-order valence-electron chi connectivity index (χ4n) is 4.03. The topological polar surface area (TPSA) is 254 Å². The number of ether oxygens (including phenoxy) is 5. The molecule has 2 aromatic heterocycles. The highest BCUT2D eigenvalue weighted by atomic mass is 16.6. The Morgan fingerprint density at radius 2 is 1.43 bits per heavy atom. The van der Waals surface area contributed by atoms with Crippen molar-refractivity contribution in [3.8, 4) is 41.2 Å². The Morgan fingerprint density at radius 1 is 0.833 bits per heavy atom. The molecule has 0 amide bonds. The average molecular weight is 752 g/mol. The molecule has 0 radical (unpaired) electrons. The van der Waals surface area contributed by atoms with Gasteiger partial charge in [-0.1, -0.05) is 29.7 Å². The second-order valence-corrected chi connectivity index (χ2v) is 9.36. The van der Waals surface area contributed by atoms with Gasteiger partial charge in [-0.15, -0.1) is 0 Å². The van der Waals surface area contributed by atoms with Crippen LogP contribution in [0.4, 0.5) is 0 Å². The van der Waals surface area contributed by atoms with Crippen LogP contribution in [0.3, 0.4) is 0 Å². The lowest BCUT2D eigenvalue weighted by atomic mass is 10.0. The fourth-order valence-corrected chi connectivity index (χ4v) is 4.03. The van der Waals surface area contributed by atoms with Crippen molar-refractivity contribution >= 4 is 34.6 Å². The van der Waals surface area contributed by atoms with Crippen molar-refractivity contribution in [3.63, 3.8) is 0 Å². The van der Waals surface area contributed by atoms with E-state index in [1.165, 1.54) is 57.8 Å². The fraction of sp³-hybridized carbons (Fsp3) is 0.324. The van der Waals surface area contributed by atoms with Crippen molar-refractivity contribution in [1.82, 2.24) is 9.55 Å². The van der Waals surface area contributed by atoms with Gasteiger partial charge in [-0.05, 0) is 29.1 Å². The standard InChI is InChI=1S/C13H11NO4.C11H10O5.C6H5N3O.C3H3NO2.4CH4/c1-16-10-6-8-5-9(3-4-14)18-13(15)12(8)11(7-10)17-2;1-14-7-3-6-4-9(12)16-11(13)10(6)8(5-7)15-2;7-2-1-6(10)9-4-3-8-5-9;4-2-1-3(5)6;;;;/h5-7H,3H2,1-2H3;3,5H,4H2,1-2H3;3-5H,1H2;1H2,(H,5,6);4*1H4. The maximum Gasteiger partial charge on any atom is 0.349 e. The Balaban J connectivity index is -0.000000666. The zero-order valence-electron chi connectivity index (χ0n) is 27.1. The molecule has 1 N–H and O–H groups in total. The molecule has 3 heterocycles. The second-order valence-electron chi connectivity index (χ2n) is 9.36. The summed E-state index contributed by atoms with van der Waals surface area (Å²) in [6.07, 6.45) is 3.98. The van der Waals surface area contributed by atoms with E-state index in [1.807, 2.05) is 6.07 Å². The van der Waals surface area contributed by atoms with E-state index >= 15 is 0 Å². The summed E-state index contributed by atoms with van der Waals surface area (Å²) < 4.78 is 31.2. The van der Waals surface area contributed by atoms with E-state index in [1.54, 1.807) is 36.4 Å². The number of aliphatic carboxylic acids is 1. The molecule has 290 valence electrons. The van der Waals surface area contributed by atoms with Gasteiger partial charge in [-0.25, -0.2) is 14.6 Å². The summed E-state index contributed by atoms with van der Waals surface area (Å²) in [7, 11) is 5.95. The summed E-state index contributed by atoms with van der Waals surface area (Å²) in [5, 5.41) is 33.0. The Morgan fingerprint density at radius 3 is 1.91 bits per heavy atom. The lowest BCUT2D eigenvalue weighted by Gasteiger charge is -2.17. The van der Waals surface area contributed by atoms with Gasteiger partial charge in [0.1, 0.15) is 58.9 Å². The molecule has 17 nitrogen and oxygen atoms in total. The number of hydrogen-bond acceptors (Lipinski definition) is 15. The zero-order chi connectivity index (χ0) is 37.2. The molecule has 0 saturated carbocycles. The van der Waals surface area contributed by atoms with Crippen molar-refractivity contribution in [2.45, 2.75) is 55.4 Å². The summed E-state index contributed by atoms with van der Waals surface area (Å²) in [6, 6.07) is 13.3. The van der Waals surface area contributed by atoms with E-state index < -0.39 is 30.0 Å². The van der Waals surface area contributed by atoms with Crippen molar-refractivity contribution in [3.05, 3.63) is 76.4 Å². The molecule has 0 atom stereocenters. The molecule has 4 aromatic rings. The first-order valence-corrected chi connectivity index (χ1v) is 14.0. The maximum absolute atomic E-state index is 11.9. The quantitative estimate of drug-likeness (QED) is 0.173. The number of carbonyl (C=O) groups excluding carboxylic acids is 3. The van der Waals surface area contributed by atoms with Gasteiger partial charge in [0.2, 0.25) is 5.91 Å². The third-order valence-electron chi connectivity index (χ3n) is 6.17. The third kappa shape index (κ3) is 14.6. The predicted octanol–water partition coefficient (Wildman–Crippen LogP) is 5.79. The van der Waals surface area contributed by atoms with E-state index in [-0.39, 0.29) is 54.9 Å². The number of carboxylic acids is 1. The number of carboxylic acid groups (broad SMARTS) is 1. The van der Waals surface area contributed by atoms with Gasteiger partial charge in [0.05, 0.1) is 59.5 Å². The zero-order valence-corrected chi connectivity index (χ0v) is 27.1. The van der Waals surface area contributed by atoms with Gasteiger partial charge in [0.15, 0.2) is 0 Å². The highest BCUT2D eigenvalue weighted by Crippen LogP contribution is 2.32. The van der Waals surface area contributed by atoms with Gasteiger partial charge in [-0.3, -0.25) is 19.0 Å². The molecular formula is C37H45N5O12. The number of carbonyl (C=O) groups is 4. The van der Waals surface area contributed by atoms with Gasteiger partial charge < -0.3 is 33.2 Å². The molecule has 0 spiro atoms. The Kier molecular flexibility index (Phi) is 24.4. The van der Waals surface area contributed by atoms with E-state index in [2.05, 4.69) is 9.72 Å². The Labute approximate surface area is 313 Å². The maximum atomic E-state index is 11.9. The Hall–Kier alpha value is -7.19. The molecular weight excluding hydrogens is 706 g/mol. The smallest absolute Gasteiger partial charge is 0.349 e. The summed E-state index contributed by atoms with van der Waals surface area (Å²) in [5.74, 6) is -0.374. The van der Waals surface area contributed by atoms with Crippen LogP contribution >= 0.6 is 0 Å². The predicted molar refractivity (Wildman–Crippen MR) is 196 cm³/mol. The summed E-state index contributed by atoms with van der Waals surface area (Å²) in [5.41, 5.74) is 0.345. The number of benzene rings is 2. The van der Waals surface area contributed by atoms with Gasteiger partial charge in [0, 0.05) is 24.5 Å². The number of hydrogen-bond donors (Lipinski definition) is 1. The van der Waals surface area contributed by atoms with Crippen LogP contribution in [0.25, 0.3) is 10.8 Å². The van der Waals surface area contributed by atoms with Crippen molar-refractivity contribution < 1.29 is 52.4 Å². The van der Waals surface area contributed by atoms with E-state index in [4.69, 9.17) is 44.3 Å². The average Bonchev–Trinajstić information content (AvgIpc) is 3.63. The number of fused-ring (bicyclic) bond motifs is 2. The first kappa shape index (κ1) is 51.2. The molecule has 2 aromatic carbocycles. The number of methoxy groups -OCH3 is 4. The second kappa shape index (κ2) is 25.7. The monoisotopic (exact) mass is 751 g/mol. The molecule has 0 fully saturated rings. The van der Waals surface area contributed by atoms with Crippen LogP contribution in [-0.2, 0) is 27.2 Å². The van der Waals surface area contributed by atoms with Crippen LogP contribution in [0.1, 0.15) is 69.0 Å². The largest absolute Gasteiger partial charge is 0.497 e. The number of esters is 2. The van der Waals surface area contributed by atoms with Crippen LogP contribution < -0.4 is 24.6 Å². The number of aromatic nitrogens is 2. The van der Waals surface area contributed by atoms with Crippen molar-refractivity contribution in [1.29, 1.82) is 15.8 Å². The van der Waals surface area contributed by atoms with Gasteiger partial charge >= 0.3 is 23.5 Å². The van der Waals surface area contributed by atoms with Gasteiger partial charge in [0.25, 0.3) is 0 Å². The van der Waals surface area contributed by atoms with Crippen LogP contribution in [0.15, 0.2) is 58.3 Å². The molecule has 0 unspecified atom stereocenters. The number of nitriles is 3. The molecule has 1 aliphatic rings. The van der Waals surface area contributed by atoms with E-state index in [0.717, 1.165) is 0 Å². The number of rotatable bonds is 7. The molecule has 0 bridgehead atoms. The van der Waals surface area contributed by atoms with Crippen LogP contribution in [0.5, 0.6) is 23.0 Å². The summed E-state index contributed by atoms with van der Waals surface area (Å²) in [6.45, 7) is 0. The van der Waals surface area contributed by atoms with Crippen LogP contribution in [0, 0.1) is 34.0 Å². The minimum atomic E-state index is -1.07. The van der Waals surface area contributed by atoms with Crippen molar-refractivity contribution in [2.24, 2.45) is 0 Å². The van der Waals surface area contributed by atoms with Crippen molar-refractivity contribution in [2.75, 3.05) is 28.4 Å². The molecule has 0 saturated heterocycles. The first-order chi connectivity index (χ1) is 24.0. The normalized spacial score (nSPS) is 9.87. The molecule has 0 aliphatic carbocycles. The molecule has 54 heavy (non-hydrogen) atoms. The Bertz CT molecular complexity index is 2040. The lowest BCUT2D eigenvalue weighted by Crippen LogP contribution is -2.23. The molecule has 5 rings (SSSR count). The SMILES string of the molecule is C.C.C.C.COc1cc(OC)c2c(=O)oc(CC#N)cc2c1.COc1cc2c(c(OC)c1)C(=O)OC(=O)C2.N#CCC(=O)O.N#CCC(=O)n1ccnc1. The van der Waals surface area contributed by atoms with Crippen LogP contribution in [0.2, 0.25) is 0 Å². The lowest BCUT2D eigenvalue weighted by molar-refractivity contribution is -0.138. The first-order valence-electron chi connectivity index (χ1n) is 14.0. The van der Waals surface area contributed by atoms with E-state index in [9.17, 15) is 24.0 Å². The number of nitrogens with zero attached hydrogens (tertiary/aromatic N) is 5. The highest BCUT2D eigenvalue weighted by molar-refractivity contribution is 6.04. The highest BCUT2D eigenvalue weighted by Gasteiger charge is 2.29. The van der Waals surface area contributed by atoms with Gasteiger partial charge in [-0.2, -0.15) is 15.8 Å². The van der Waals surface area contributed by atoms with E-state index in [0.29, 0.717) is 50.7 Å². The summed E-state index contributed by atoms with van der Waals surface area (Å²) >= 11 is 0. The molecule has 17 heteroatoms.